The van der Waals surface area contributed by atoms with Crippen LogP contribution in [0.3, 0.4) is 0 Å². The second-order valence-electron chi connectivity index (χ2n) is 6.66. The lowest BCUT2D eigenvalue weighted by Gasteiger charge is -2.41. The highest BCUT2D eigenvalue weighted by Gasteiger charge is 2.47. The molecule has 1 atom stereocenters. The molecular formula is C17H23N3O3S. The fourth-order valence-electron chi connectivity index (χ4n) is 3.65. The van der Waals surface area contributed by atoms with E-state index in [-0.39, 0.29) is 4.90 Å². The molecule has 7 heteroatoms. The van der Waals surface area contributed by atoms with Crippen molar-refractivity contribution in [2.75, 3.05) is 6.54 Å². The van der Waals surface area contributed by atoms with Gasteiger partial charge in [0.25, 0.3) is 0 Å². The van der Waals surface area contributed by atoms with Crippen molar-refractivity contribution in [3.05, 3.63) is 30.0 Å². The number of nitrogens with zero attached hydrogens (tertiary/aromatic N) is 2. The summed E-state index contributed by atoms with van der Waals surface area (Å²) in [7, 11) is -1.99. The van der Waals surface area contributed by atoms with Gasteiger partial charge >= 0.3 is 0 Å². The van der Waals surface area contributed by atoms with Gasteiger partial charge in [-0.2, -0.15) is 4.31 Å². The quantitative estimate of drug-likeness (QED) is 0.918. The summed E-state index contributed by atoms with van der Waals surface area (Å²) < 4.78 is 30.1. The van der Waals surface area contributed by atoms with Gasteiger partial charge in [-0.25, -0.2) is 8.42 Å². The van der Waals surface area contributed by atoms with Crippen LogP contribution in [0.25, 0.3) is 10.9 Å². The van der Waals surface area contributed by atoms with E-state index in [9.17, 15) is 13.2 Å². The molecule has 2 heterocycles. The van der Waals surface area contributed by atoms with E-state index in [4.69, 9.17) is 5.73 Å². The van der Waals surface area contributed by atoms with Crippen LogP contribution in [0.15, 0.2) is 29.2 Å². The molecule has 0 radical (unpaired) electrons. The van der Waals surface area contributed by atoms with E-state index >= 15 is 0 Å². The summed E-state index contributed by atoms with van der Waals surface area (Å²) in [6.07, 6.45) is 1.97. The topological polar surface area (TPSA) is 85.4 Å². The Morgan fingerprint density at radius 1 is 1.25 bits per heavy atom. The number of carbonyl (C=O) groups is 1. The minimum atomic E-state index is -3.84. The zero-order valence-electron chi connectivity index (χ0n) is 14.2. The molecule has 3 rings (SSSR count). The van der Waals surface area contributed by atoms with E-state index in [2.05, 4.69) is 0 Å². The molecule has 6 nitrogen and oxygen atoms in total. The van der Waals surface area contributed by atoms with Crippen LogP contribution in [0, 0.1) is 6.92 Å². The SMILES string of the molecule is Cc1c(S(=O)(=O)N2CCCC[C@]2(C)C(N)=O)c2ccccc2n1C. The molecule has 1 aromatic carbocycles. The number of primary amides is 1. The van der Waals surface area contributed by atoms with Crippen molar-refractivity contribution in [1.29, 1.82) is 0 Å². The highest BCUT2D eigenvalue weighted by Crippen LogP contribution is 2.37. The monoisotopic (exact) mass is 349 g/mol. The van der Waals surface area contributed by atoms with E-state index < -0.39 is 21.5 Å². The fourth-order valence-corrected chi connectivity index (χ4v) is 5.91. The molecule has 1 aromatic heterocycles. The number of aromatic nitrogens is 1. The van der Waals surface area contributed by atoms with Crippen LogP contribution in [0.4, 0.5) is 0 Å². The molecule has 0 aliphatic carbocycles. The summed E-state index contributed by atoms with van der Waals surface area (Å²) in [4.78, 5) is 12.3. The summed E-state index contributed by atoms with van der Waals surface area (Å²) in [5.74, 6) is -0.594. The summed E-state index contributed by atoms with van der Waals surface area (Å²) >= 11 is 0. The van der Waals surface area contributed by atoms with E-state index in [0.717, 1.165) is 18.4 Å². The van der Waals surface area contributed by atoms with Gasteiger partial charge in [-0.15, -0.1) is 0 Å². The third-order valence-corrected chi connectivity index (χ3v) is 7.44. The maximum Gasteiger partial charge on any atom is 0.246 e. The highest BCUT2D eigenvalue weighted by atomic mass is 32.2. The Kier molecular flexibility index (Phi) is 3.96. The molecule has 1 amide bonds. The summed E-state index contributed by atoms with van der Waals surface area (Å²) in [6.45, 7) is 3.73. The van der Waals surface area contributed by atoms with Crippen LogP contribution in [0.1, 0.15) is 31.9 Å². The molecule has 1 saturated heterocycles. The van der Waals surface area contributed by atoms with Crippen molar-refractivity contribution < 1.29 is 13.2 Å². The maximum atomic E-state index is 13.5. The average molecular weight is 349 g/mol. The Hall–Kier alpha value is -1.86. The smallest absolute Gasteiger partial charge is 0.246 e. The van der Waals surface area contributed by atoms with Gasteiger partial charge in [-0.05, 0) is 39.2 Å². The third kappa shape index (κ3) is 2.26. The molecule has 1 fully saturated rings. The van der Waals surface area contributed by atoms with Crippen molar-refractivity contribution in [3.63, 3.8) is 0 Å². The largest absolute Gasteiger partial charge is 0.368 e. The second kappa shape index (κ2) is 5.60. The first-order chi connectivity index (χ1) is 11.2. The van der Waals surface area contributed by atoms with Gasteiger partial charge in [0.2, 0.25) is 15.9 Å². The summed E-state index contributed by atoms with van der Waals surface area (Å²) in [5.41, 5.74) is 5.91. The number of para-hydroxylation sites is 1. The van der Waals surface area contributed by atoms with Crippen molar-refractivity contribution in [3.8, 4) is 0 Å². The number of hydrogen-bond acceptors (Lipinski definition) is 3. The van der Waals surface area contributed by atoms with Gasteiger partial charge in [-0.1, -0.05) is 18.2 Å². The van der Waals surface area contributed by atoms with Gasteiger partial charge in [0.05, 0.1) is 0 Å². The van der Waals surface area contributed by atoms with Crippen molar-refractivity contribution >= 4 is 26.8 Å². The zero-order chi connectivity index (χ0) is 17.7. The zero-order valence-corrected chi connectivity index (χ0v) is 15.1. The number of nitrogens with two attached hydrogens (primary N) is 1. The van der Waals surface area contributed by atoms with Crippen LogP contribution in [0.5, 0.6) is 0 Å². The van der Waals surface area contributed by atoms with Crippen LogP contribution in [-0.2, 0) is 21.9 Å². The number of carbonyl (C=O) groups excluding carboxylic acids is 1. The molecular weight excluding hydrogens is 326 g/mol. The normalized spacial score (nSPS) is 22.8. The minimum absolute atomic E-state index is 0.273. The number of sulfonamides is 1. The Morgan fingerprint density at radius 3 is 2.58 bits per heavy atom. The Balaban J connectivity index is 2.25. The predicted molar refractivity (Wildman–Crippen MR) is 93.0 cm³/mol. The average Bonchev–Trinajstić information content (AvgIpc) is 2.80. The minimum Gasteiger partial charge on any atom is -0.368 e. The first-order valence-electron chi connectivity index (χ1n) is 8.08. The van der Waals surface area contributed by atoms with Gasteiger partial charge in [0, 0.05) is 30.2 Å². The molecule has 1 aliphatic heterocycles. The molecule has 2 N–H and O–H groups in total. The van der Waals surface area contributed by atoms with E-state index in [1.54, 1.807) is 19.9 Å². The van der Waals surface area contributed by atoms with Crippen LogP contribution < -0.4 is 5.73 Å². The van der Waals surface area contributed by atoms with E-state index in [1.165, 1.54) is 4.31 Å². The van der Waals surface area contributed by atoms with Crippen LogP contribution in [-0.4, -0.2) is 35.3 Å². The number of amides is 1. The van der Waals surface area contributed by atoms with Crippen molar-refractivity contribution in [2.45, 2.75) is 43.5 Å². The molecule has 1 aliphatic rings. The molecule has 0 unspecified atom stereocenters. The summed E-state index contributed by atoms with van der Waals surface area (Å²) in [6, 6.07) is 7.41. The number of aryl methyl sites for hydroxylation is 1. The molecule has 0 spiro atoms. The molecule has 0 bridgehead atoms. The predicted octanol–water partition coefficient (Wildman–Crippen LogP) is 1.91. The number of benzene rings is 1. The number of rotatable bonds is 3. The van der Waals surface area contributed by atoms with Crippen molar-refractivity contribution in [1.82, 2.24) is 8.87 Å². The van der Waals surface area contributed by atoms with Gasteiger partial charge in [0.15, 0.2) is 0 Å². The summed E-state index contributed by atoms with van der Waals surface area (Å²) in [5, 5.41) is 0.676. The first-order valence-corrected chi connectivity index (χ1v) is 9.52. The van der Waals surface area contributed by atoms with Gasteiger partial charge in [-0.3, -0.25) is 4.79 Å². The third-order valence-electron chi connectivity index (χ3n) is 5.25. The lowest BCUT2D eigenvalue weighted by molar-refractivity contribution is -0.128. The number of hydrogen-bond donors (Lipinski definition) is 1. The first kappa shape index (κ1) is 17.0. The molecule has 24 heavy (non-hydrogen) atoms. The second-order valence-corrected chi connectivity index (χ2v) is 8.46. The molecule has 0 saturated carbocycles. The van der Waals surface area contributed by atoms with Crippen LogP contribution >= 0.6 is 0 Å². The van der Waals surface area contributed by atoms with Gasteiger partial charge < -0.3 is 10.3 Å². The van der Waals surface area contributed by atoms with Gasteiger partial charge in [0.1, 0.15) is 10.4 Å². The lowest BCUT2D eigenvalue weighted by atomic mass is 9.90. The lowest BCUT2D eigenvalue weighted by Crippen LogP contribution is -2.59. The van der Waals surface area contributed by atoms with E-state index in [0.29, 0.717) is 24.0 Å². The van der Waals surface area contributed by atoms with E-state index in [1.807, 2.05) is 29.8 Å². The molecule has 130 valence electrons. The Morgan fingerprint density at radius 2 is 1.92 bits per heavy atom. The van der Waals surface area contributed by atoms with Crippen LogP contribution in [0.2, 0.25) is 0 Å². The molecule has 2 aromatic rings. The standard InChI is InChI=1S/C17H23N3O3S/c1-12-15(13-8-4-5-9-14(13)19(12)3)24(22,23)20-11-7-6-10-17(20,2)16(18)21/h4-5,8-9H,6-7,10-11H2,1-3H3,(H2,18,21)/t17-/m1/s1. The number of piperidine rings is 1. The maximum absolute atomic E-state index is 13.5. The Labute approximate surface area is 142 Å². The number of fused-ring (bicyclic) bond motifs is 1. The van der Waals surface area contributed by atoms with Crippen molar-refractivity contribution in [2.24, 2.45) is 12.8 Å². The fraction of sp³-hybridized carbons (Fsp3) is 0.471. The Bertz CT molecular complexity index is 917. The highest BCUT2D eigenvalue weighted by molar-refractivity contribution is 7.89.